The summed E-state index contributed by atoms with van der Waals surface area (Å²) in [5.41, 5.74) is 0.557. The first-order valence-corrected chi connectivity index (χ1v) is 10.7. The van der Waals surface area contributed by atoms with Gasteiger partial charge in [0.2, 0.25) is 5.91 Å². The van der Waals surface area contributed by atoms with Crippen LogP contribution >= 0.6 is 0 Å². The number of carbonyl (C=O) groups excluding carboxylic acids is 2. The summed E-state index contributed by atoms with van der Waals surface area (Å²) in [7, 11) is 0. The molecule has 0 spiro atoms. The molecule has 3 aliphatic rings. The van der Waals surface area contributed by atoms with Crippen LogP contribution in [-0.2, 0) is 4.79 Å². The van der Waals surface area contributed by atoms with Gasteiger partial charge < -0.3 is 19.7 Å². The topological polar surface area (TPSA) is 67.9 Å². The van der Waals surface area contributed by atoms with Gasteiger partial charge in [-0.15, -0.1) is 0 Å². The molecular weight excluding hydrogens is 356 g/mol. The van der Waals surface area contributed by atoms with E-state index in [1.54, 1.807) is 23.1 Å². The van der Waals surface area contributed by atoms with Crippen LogP contribution in [0.3, 0.4) is 0 Å². The Balaban J connectivity index is 1.47. The zero-order chi connectivity index (χ0) is 19.3. The summed E-state index contributed by atoms with van der Waals surface area (Å²) in [4.78, 5) is 27.8. The van der Waals surface area contributed by atoms with Gasteiger partial charge in [-0.3, -0.25) is 9.59 Å². The van der Waals surface area contributed by atoms with E-state index in [2.05, 4.69) is 5.32 Å². The van der Waals surface area contributed by atoms with Crippen LogP contribution < -0.4 is 14.8 Å². The molecule has 4 rings (SSSR count). The number of nitrogens with one attached hydrogen (secondary N) is 1. The van der Waals surface area contributed by atoms with Crippen molar-refractivity contribution in [3.05, 3.63) is 23.8 Å². The molecule has 1 aromatic rings. The summed E-state index contributed by atoms with van der Waals surface area (Å²) >= 11 is 0. The quantitative estimate of drug-likeness (QED) is 0.843. The van der Waals surface area contributed by atoms with Crippen LogP contribution in [0, 0.1) is 0 Å². The minimum absolute atomic E-state index is 0.0373. The van der Waals surface area contributed by atoms with E-state index in [0.717, 1.165) is 38.5 Å². The Morgan fingerprint density at radius 3 is 2.36 bits per heavy atom. The SMILES string of the molecule is O=C(CN(C(=O)c1ccc2c(c1)OCCO2)C1CCCC1)NC1CCCCC1. The van der Waals surface area contributed by atoms with Crippen LogP contribution in [0.25, 0.3) is 0 Å². The average Bonchev–Trinajstić information content (AvgIpc) is 3.26. The highest BCUT2D eigenvalue weighted by Gasteiger charge is 2.30. The Labute approximate surface area is 166 Å². The van der Waals surface area contributed by atoms with Gasteiger partial charge in [0.05, 0.1) is 0 Å². The van der Waals surface area contributed by atoms with Gasteiger partial charge in [-0.25, -0.2) is 0 Å². The van der Waals surface area contributed by atoms with E-state index in [0.29, 0.717) is 30.3 Å². The molecule has 2 amide bonds. The number of amides is 2. The number of ether oxygens (including phenoxy) is 2. The van der Waals surface area contributed by atoms with Crippen LogP contribution in [-0.4, -0.2) is 48.6 Å². The van der Waals surface area contributed by atoms with Gasteiger partial charge in [-0.05, 0) is 43.9 Å². The maximum Gasteiger partial charge on any atom is 0.254 e. The van der Waals surface area contributed by atoms with Gasteiger partial charge in [-0.1, -0.05) is 32.1 Å². The molecule has 6 heteroatoms. The van der Waals surface area contributed by atoms with Crippen molar-refractivity contribution in [3.8, 4) is 11.5 Å². The first-order valence-electron chi connectivity index (χ1n) is 10.7. The molecule has 1 aliphatic heterocycles. The Morgan fingerprint density at radius 2 is 1.61 bits per heavy atom. The molecule has 6 nitrogen and oxygen atoms in total. The Hall–Kier alpha value is -2.24. The molecule has 0 aromatic heterocycles. The molecule has 0 atom stereocenters. The van der Waals surface area contributed by atoms with Crippen molar-refractivity contribution in [1.82, 2.24) is 10.2 Å². The van der Waals surface area contributed by atoms with E-state index in [1.807, 2.05) is 0 Å². The summed E-state index contributed by atoms with van der Waals surface area (Å²) in [6.07, 6.45) is 9.85. The number of carbonyl (C=O) groups is 2. The van der Waals surface area contributed by atoms with Gasteiger partial charge in [-0.2, -0.15) is 0 Å². The first-order chi connectivity index (χ1) is 13.7. The van der Waals surface area contributed by atoms with E-state index >= 15 is 0 Å². The molecule has 1 aromatic carbocycles. The molecular formula is C22H30N2O4. The molecule has 28 heavy (non-hydrogen) atoms. The first kappa shape index (κ1) is 19.1. The molecule has 0 unspecified atom stereocenters. The maximum atomic E-state index is 13.3. The summed E-state index contributed by atoms with van der Waals surface area (Å²) in [5.74, 6) is 1.15. The largest absolute Gasteiger partial charge is 0.486 e. The summed E-state index contributed by atoms with van der Waals surface area (Å²) in [6.45, 7) is 1.14. The van der Waals surface area contributed by atoms with E-state index in [-0.39, 0.29) is 30.4 Å². The highest BCUT2D eigenvalue weighted by Crippen LogP contribution is 2.32. The number of nitrogens with zero attached hydrogens (tertiary/aromatic N) is 1. The van der Waals surface area contributed by atoms with Crippen molar-refractivity contribution in [2.75, 3.05) is 19.8 Å². The fourth-order valence-electron chi connectivity index (χ4n) is 4.60. The molecule has 0 bridgehead atoms. The zero-order valence-corrected chi connectivity index (χ0v) is 16.5. The molecule has 2 saturated carbocycles. The normalized spacial score (nSPS) is 20.0. The van der Waals surface area contributed by atoms with Crippen molar-refractivity contribution in [3.63, 3.8) is 0 Å². The van der Waals surface area contributed by atoms with Crippen molar-refractivity contribution < 1.29 is 19.1 Å². The number of fused-ring (bicyclic) bond motifs is 1. The van der Waals surface area contributed by atoms with E-state index in [9.17, 15) is 9.59 Å². The van der Waals surface area contributed by atoms with Crippen LogP contribution in [0.5, 0.6) is 11.5 Å². The number of benzene rings is 1. The van der Waals surface area contributed by atoms with Crippen LogP contribution in [0.15, 0.2) is 18.2 Å². The summed E-state index contributed by atoms with van der Waals surface area (Å²) < 4.78 is 11.2. The van der Waals surface area contributed by atoms with E-state index in [1.165, 1.54) is 19.3 Å². The van der Waals surface area contributed by atoms with Crippen molar-refractivity contribution in [2.24, 2.45) is 0 Å². The molecule has 1 N–H and O–H groups in total. The lowest BCUT2D eigenvalue weighted by molar-refractivity contribution is -0.123. The Kier molecular flexibility index (Phi) is 6.03. The molecule has 2 aliphatic carbocycles. The lowest BCUT2D eigenvalue weighted by Gasteiger charge is -2.30. The van der Waals surface area contributed by atoms with Crippen molar-refractivity contribution >= 4 is 11.8 Å². The lowest BCUT2D eigenvalue weighted by Crippen LogP contribution is -2.48. The van der Waals surface area contributed by atoms with Crippen molar-refractivity contribution in [1.29, 1.82) is 0 Å². The standard InChI is InChI=1S/C22H30N2O4/c25-21(23-17-6-2-1-3-7-17)15-24(18-8-4-5-9-18)22(26)16-10-11-19-20(14-16)28-13-12-27-19/h10-11,14,17-18H,1-9,12-13,15H2,(H,23,25). The van der Waals surface area contributed by atoms with Crippen LogP contribution in [0.2, 0.25) is 0 Å². The van der Waals surface area contributed by atoms with Crippen LogP contribution in [0.4, 0.5) is 0 Å². The van der Waals surface area contributed by atoms with E-state index < -0.39 is 0 Å². The average molecular weight is 386 g/mol. The minimum Gasteiger partial charge on any atom is -0.486 e. The number of rotatable bonds is 5. The second-order valence-electron chi connectivity index (χ2n) is 8.13. The third kappa shape index (κ3) is 4.42. The number of hydrogen-bond acceptors (Lipinski definition) is 4. The Bertz CT molecular complexity index is 708. The lowest BCUT2D eigenvalue weighted by atomic mass is 9.95. The molecule has 0 saturated heterocycles. The number of hydrogen-bond donors (Lipinski definition) is 1. The smallest absolute Gasteiger partial charge is 0.254 e. The van der Waals surface area contributed by atoms with Gasteiger partial charge in [0, 0.05) is 17.6 Å². The zero-order valence-electron chi connectivity index (χ0n) is 16.5. The molecule has 152 valence electrons. The van der Waals surface area contributed by atoms with Gasteiger partial charge >= 0.3 is 0 Å². The predicted octanol–water partition coefficient (Wildman–Crippen LogP) is 3.29. The third-order valence-electron chi connectivity index (χ3n) is 6.10. The van der Waals surface area contributed by atoms with Crippen LogP contribution in [0.1, 0.15) is 68.1 Å². The van der Waals surface area contributed by atoms with Crippen molar-refractivity contribution in [2.45, 2.75) is 69.9 Å². The highest BCUT2D eigenvalue weighted by atomic mass is 16.6. The summed E-state index contributed by atoms with van der Waals surface area (Å²) in [6, 6.07) is 5.71. The third-order valence-corrected chi connectivity index (χ3v) is 6.10. The predicted molar refractivity (Wildman–Crippen MR) is 106 cm³/mol. The summed E-state index contributed by atoms with van der Waals surface area (Å²) in [5, 5.41) is 3.15. The monoisotopic (exact) mass is 386 g/mol. The van der Waals surface area contributed by atoms with Gasteiger partial charge in [0.15, 0.2) is 11.5 Å². The maximum absolute atomic E-state index is 13.3. The molecule has 1 heterocycles. The highest BCUT2D eigenvalue weighted by molar-refractivity contribution is 5.97. The fraction of sp³-hybridized carbons (Fsp3) is 0.636. The fourth-order valence-corrected chi connectivity index (χ4v) is 4.60. The minimum atomic E-state index is -0.0948. The second kappa shape index (κ2) is 8.84. The van der Waals surface area contributed by atoms with E-state index in [4.69, 9.17) is 9.47 Å². The van der Waals surface area contributed by atoms with Gasteiger partial charge in [0.25, 0.3) is 5.91 Å². The molecule has 2 fully saturated rings. The molecule has 0 radical (unpaired) electrons. The Morgan fingerprint density at radius 1 is 0.929 bits per heavy atom. The second-order valence-corrected chi connectivity index (χ2v) is 8.13. The van der Waals surface area contributed by atoms with Gasteiger partial charge in [0.1, 0.15) is 19.8 Å².